The number of rotatable bonds is 5. The lowest BCUT2D eigenvalue weighted by molar-refractivity contribution is -0.127. The van der Waals surface area contributed by atoms with Gasteiger partial charge in [0.15, 0.2) is 0 Å². The maximum atomic E-state index is 11.9. The van der Waals surface area contributed by atoms with Gasteiger partial charge in [-0.25, -0.2) is 12.7 Å². The highest BCUT2D eigenvalue weighted by Crippen LogP contribution is 2.37. The third-order valence-electron chi connectivity index (χ3n) is 3.31. The fourth-order valence-electron chi connectivity index (χ4n) is 2.01. The van der Waals surface area contributed by atoms with Crippen LogP contribution in [0.5, 0.6) is 0 Å². The fraction of sp³-hybridized carbons (Fsp3) is 0.818. The summed E-state index contributed by atoms with van der Waals surface area (Å²) >= 11 is 0. The van der Waals surface area contributed by atoms with Crippen molar-refractivity contribution in [3.8, 4) is 6.07 Å². The van der Waals surface area contributed by atoms with E-state index in [9.17, 15) is 13.2 Å². The zero-order chi connectivity index (χ0) is 13.8. The molecule has 0 heterocycles. The van der Waals surface area contributed by atoms with Crippen LogP contribution >= 0.6 is 0 Å². The molecular formula is C11H19N3O3S. The van der Waals surface area contributed by atoms with E-state index >= 15 is 0 Å². The van der Waals surface area contributed by atoms with Gasteiger partial charge in [0.05, 0.1) is 11.8 Å². The van der Waals surface area contributed by atoms with Gasteiger partial charge in [-0.2, -0.15) is 5.26 Å². The molecule has 0 radical (unpaired) electrons. The number of nitriles is 1. The monoisotopic (exact) mass is 273 g/mol. The molecule has 7 heteroatoms. The van der Waals surface area contributed by atoms with E-state index in [1.807, 2.05) is 0 Å². The number of nitrogens with one attached hydrogen (secondary N) is 1. The average Bonchev–Trinajstić information content (AvgIpc) is 2.78. The van der Waals surface area contributed by atoms with Gasteiger partial charge in [-0.15, -0.1) is 0 Å². The van der Waals surface area contributed by atoms with Gasteiger partial charge in [0, 0.05) is 20.6 Å². The van der Waals surface area contributed by atoms with E-state index in [1.54, 1.807) is 0 Å². The Balaban J connectivity index is 2.50. The molecule has 1 amide bonds. The molecular weight excluding hydrogens is 254 g/mol. The Morgan fingerprint density at radius 1 is 1.39 bits per heavy atom. The number of nitrogens with zero attached hydrogens (tertiary/aromatic N) is 2. The molecule has 0 unspecified atom stereocenters. The molecule has 0 spiro atoms. The first kappa shape index (κ1) is 14.9. The quantitative estimate of drug-likeness (QED) is 0.768. The van der Waals surface area contributed by atoms with Gasteiger partial charge in [0.2, 0.25) is 15.9 Å². The summed E-state index contributed by atoms with van der Waals surface area (Å²) in [6, 6.07) is 2.08. The van der Waals surface area contributed by atoms with E-state index in [2.05, 4.69) is 11.4 Å². The Morgan fingerprint density at radius 3 is 2.39 bits per heavy atom. The van der Waals surface area contributed by atoms with Gasteiger partial charge in [-0.05, 0) is 12.8 Å². The number of carbonyl (C=O) groups is 1. The number of carbonyl (C=O) groups excluding carboxylic acids is 1. The third-order valence-corrected chi connectivity index (χ3v) is 5.14. The van der Waals surface area contributed by atoms with Crippen molar-refractivity contribution in [3.05, 3.63) is 0 Å². The second-order valence-corrected chi connectivity index (χ2v) is 7.06. The second kappa shape index (κ2) is 5.67. The lowest BCUT2D eigenvalue weighted by Crippen LogP contribution is -2.41. The van der Waals surface area contributed by atoms with Gasteiger partial charge in [-0.3, -0.25) is 4.79 Å². The van der Waals surface area contributed by atoms with Crippen molar-refractivity contribution < 1.29 is 13.2 Å². The van der Waals surface area contributed by atoms with Crippen molar-refractivity contribution in [1.82, 2.24) is 9.62 Å². The summed E-state index contributed by atoms with van der Waals surface area (Å²) in [5.41, 5.74) is -0.943. The van der Waals surface area contributed by atoms with Crippen LogP contribution in [0.2, 0.25) is 0 Å². The molecule has 6 nitrogen and oxygen atoms in total. The lowest BCUT2D eigenvalue weighted by Gasteiger charge is -2.19. The van der Waals surface area contributed by atoms with Crippen molar-refractivity contribution in [2.45, 2.75) is 25.7 Å². The van der Waals surface area contributed by atoms with E-state index in [4.69, 9.17) is 5.26 Å². The number of hydrogen-bond donors (Lipinski definition) is 1. The van der Waals surface area contributed by atoms with Crippen LogP contribution < -0.4 is 5.32 Å². The zero-order valence-corrected chi connectivity index (χ0v) is 11.6. The molecule has 0 bridgehead atoms. The van der Waals surface area contributed by atoms with Gasteiger partial charge in [-0.1, -0.05) is 12.8 Å². The largest absolute Gasteiger partial charge is 0.354 e. The summed E-state index contributed by atoms with van der Waals surface area (Å²) < 4.78 is 24.1. The molecule has 18 heavy (non-hydrogen) atoms. The highest BCUT2D eigenvalue weighted by atomic mass is 32.2. The van der Waals surface area contributed by atoms with Crippen LogP contribution in [0.15, 0.2) is 0 Å². The first-order valence-electron chi connectivity index (χ1n) is 5.94. The van der Waals surface area contributed by atoms with E-state index in [0.717, 1.165) is 17.1 Å². The molecule has 0 aromatic carbocycles. The SMILES string of the molecule is CN(C)S(=O)(=O)CCNC(=O)C1(C#N)CCCC1. The summed E-state index contributed by atoms with van der Waals surface area (Å²) in [7, 11) is -0.410. The normalized spacial score (nSPS) is 18.6. The Kier molecular flexibility index (Phi) is 4.71. The summed E-state index contributed by atoms with van der Waals surface area (Å²) in [6.45, 7) is 0.0444. The predicted molar refractivity (Wildman–Crippen MR) is 67.0 cm³/mol. The molecule has 0 aromatic rings. The smallest absolute Gasteiger partial charge is 0.240 e. The number of sulfonamides is 1. The van der Waals surface area contributed by atoms with Crippen molar-refractivity contribution in [1.29, 1.82) is 5.26 Å². The van der Waals surface area contributed by atoms with Crippen LogP contribution in [0.1, 0.15) is 25.7 Å². The third kappa shape index (κ3) is 3.21. The van der Waals surface area contributed by atoms with Crippen LogP contribution in [0.25, 0.3) is 0 Å². The highest BCUT2D eigenvalue weighted by Gasteiger charge is 2.41. The second-order valence-electron chi connectivity index (χ2n) is 4.76. The molecule has 1 aliphatic rings. The summed E-state index contributed by atoms with van der Waals surface area (Å²) in [4.78, 5) is 11.9. The van der Waals surface area contributed by atoms with Crippen LogP contribution in [0, 0.1) is 16.7 Å². The van der Waals surface area contributed by atoms with Gasteiger partial charge >= 0.3 is 0 Å². The van der Waals surface area contributed by atoms with Crippen molar-refractivity contribution in [2.75, 3.05) is 26.4 Å². The summed E-state index contributed by atoms with van der Waals surface area (Å²) in [6.07, 6.45) is 2.87. The van der Waals surface area contributed by atoms with E-state index in [0.29, 0.717) is 12.8 Å². The van der Waals surface area contributed by atoms with Crippen LogP contribution in [-0.2, 0) is 14.8 Å². The maximum absolute atomic E-state index is 11.9. The minimum Gasteiger partial charge on any atom is -0.354 e. The van der Waals surface area contributed by atoms with Crippen molar-refractivity contribution in [2.24, 2.45) is 5.41 Å². The Labute approximate surface area is 108 Å². The molecule has 1 rings (SSSR count). The molecule has 1 saturated carbocycles. The zero-order valence-electron chi connectivity index (χ0n) is 10.8. The maximum Gasteiger partial charge on any atom is 0.240 e. The van der Waals surface area contributed by atoms with Crippen molar-refractivity contribution in [3.63, 3.8) is 0 Å². The Hall–Kier alpha value is -1.13. The lowest BCUT2D eigenvalue weighted by atomic mass is 9.87. The Bertz CT molecular complexity index is 445. The summed E-state index contributed by atoms with van der Waals surface area (Å²) in [5, 5.41) is 11.7. The molecule has 102 valence electrons. The highest BCUT2D eigenvalue weighted by molar-refractivity contribution is 7.89. The summed E-state index contributed by atoms with van der Waals surface area (Å²) in [5.74, 6) is -0.482. The van der Waals surface area contributed by atoms with Gasteiger partial charge in [0.1, 0.15) is 5.41 Å². The molecule has 0 atom stereocenters. The minimum absolute atomic E-state index is 0.0444. The Morgan fingerprint density at radius 2 is 1.94 bits per heavy atom. The predicted octanol–water partition coefficient (Wildman–Crippen LogP) is 0.0780. The molecule has 0 saturated heterocycles. The first-order valence-corrected chi connectivity index (χ1v) is 7.55. The van der Waals surface area contributed by atoms with Crippen LogP contribution in [-0.4, -0.2) is 45.0 Å². The molecule has 1 aliphatic carbocycles. The van der Waals surface area contributed by atoms with E-state index < -0.39 is 15.4 Å². The van der Waals surface area contributed by atoms with Crippen LogP contribution in [0.4, 0.5) is 0 Å². The van der Waals surface area contributed by atoms with E-state index in [-0.39, 0.29) is 18.2 Å². The van der Waals surface area contributed by atoms with Gasteiger partial charge in [0.25, 0.3) is 0 Å². The standard InChI is InChI=1S/C11H19N3O3S/c1-14(2)18(16,17)8-7-13-10(15)11(9-12)5-3-4-6-11/h3-8H2,1-2H3,(H,13,15). The molecule has 0 aromatic heterocycles. The molecule has 1 N–H and O–H groups in total. The van der Waals surface area contributed by atoms with Gasteiger partial charge < -0.3 is 5.32 Å². The first-order chi connectivity index (χ1) is 8.34. The minimum atomic E-state index is -3.31. The topological polar surface area (TPSA) is 90.3 Å². The molecule has 1 fully saturated rings. The number of amides is 1. The van der Waals surface area contributed by atoms with Crippen molar-refractivity contribution >= 4 is 15.9 Å². The number of hydrogen-bond acceptors (Lipinski definition) is 4. The average molecular weight is 273 g/mol. The fourth-order valence-corrected chi connectivity index (χ4v) is 2.74. The molecule has 0 aliphatic heterocycles. The van der Waals surface area contributed by atoms with Crippen LogP contribution in [0.3, 0.4) is 0 Å². The van der Waals surface area contributed by atoms with E-state index in [1.165, 1.54) is 14.1 Å².